The van der Waals surface area contributed by atoms with Gasteiger partial charge in [-0.3, -0.25) is 19.5 Å². The average Bonchev–Trinajstić information content (AvgIpc) is 3.12. The molecular weight excluding hydrogens is 338 g/mol. The molecule has 2 saturated heterocycles. The van der Waals surface area contributed by atoms with Crippen molar-refractivity contribution in [3.05, 3.63) is 11.6 Å². The van der Waals surface area contributed by atoms with E-state index in [1.165, 1.54) is 29.5 Å². The smallest absolute Gasteiger partial charge is 0.246 e. The van der Waals surface area contributed by atoms with E-state index >= 15 is 0 Å². The summed E-state index contributed by atoms with van der Waals surface area (Å²) in [4.78, 5) is 30.6. The van der Waals surface area contributed by atoms with Gasteiger partial charge in [-0.05, 0) is 57.2 Å². The Morgan fingerprint density at radius 3 is 2.96 bits per heavy atom. The molecular formula is C18H25N3O3S. The summed E-state index contributed by atoms with van der Waals surface area (Å²) in [6.07, 6.45) is 11.3. The lowest BCUT2D eigenvalue weighted by Crippen LogP contribution is -2.58. The second kappa shape index (κ2) is 8.67. The number of hydrogen-bond donors (Lipinski definition) is 1. The van der Waals surface area contributed by atoms with Gasteiger partial charge in [-0.25, -0.2) is 0 Å². The number of nitrogens with one attached hydrogen (secondary N) is 1. The zero-order valence-corrected chi connectivity index (χ0v) is 15.2. The van der Waals surface area contributed by atoms with Crippen molar-refractivity contribution in [2.45, 2.75) is 51.0 Å². The third-order valence-corrected chi connectivity index (χ3v) is 5.24. The van der Waals surface area contributed by atoms with E-state index in [1.54, 1.807) is 0 Å². The third-order valence-electron chi connectivity index (χ3n) is 4.92. The number of ether oxygens (including phenoxy) is 1. The molecule has 1 N–H and O–H groups in total. The maximum Gasteiger partial charge on any atom is 0.246 e. The highest BCUT2D eigenvalue weighted by Gasteiger charge is 2.37. The lowest BCUT2D eigenvalue weighted by atomic mass is 9.97. The van der Waals surface area contributed by atoms with Crippen LogP contribution in [0.25, 0.3) is 0 Å². The van der Waals surface area contributed by atoms with Crippen molar-refractivity contribution in [1.82, 2.24) is 10.2 Å². The molecule has 2 amide bonds. The van der Waals surface area contributed by atoms with E-state index in [4.69, 9.17) is 17.0 Å². The van der Waals surface area contributed by atoms with Gasteiger partial charge in [0.15, 0.2) is 11.0 Å². The lowest BCUT2D eigenvalue weighted by molar-refractivity contribution is -0.137. The molecule has 0 bridgehead atoms. The first-order valence-electron chi connectivity index (χ1n) is 9.11. The Kier molecular flexibility index (Phi) is 6.31. The topological polar surface area (TPSA) is 71.0 Å². The fraction of sp³-hybridized carbons (Fsp3) is 0.667. The van der Waals surface area contributed by atoms with Crippen LogP contribution in [0, 0.1) is 5.92 Å². The van der Waals surface area contributed by atoms with Crippen molar-refractivity contribution in [2.75, 3.05) is 19.7 Å². The van der Waals surface area contributed by atoms with Crippen LogP contribution in [0.2, 0.25) is 0 Å². The molecule has 25 heavy (non-hydrogen) atoms. The number of carbonyl (C=O) groups is 2. The summed E-state index contributed by atoms with van der Waals surface area (Å²) in [5, 5.41) is 2.84. The van der Waals surface area contributed by atoms with Crippen LogP contribution in [0.15, 0.2) is 16.6 Å². The summed E-state index contributed by atoms with van der Waals surface area (Å²) in [5.41, 5.74) is 1.38. The molecule has 136 valence electrons. The minimum Gasteiger partial charge on any atom is -0.376 e. The van der Waals surface area contributed by atoms with E-state index in [0.717, 1.165) is 38.7 Å². The van der Waals surface area contributed by atoms with E-state index in [1.807, 2.05) is 0 Å². The minimum atomic E-state index is -0.895. The predicted octanol–water partition coefficient (Wildman–Crippen LogP) is 1.99. The average molecular weight is 363 g/mol. The molecule has 0 spiro atoms. The number of nitrogens with zero attached hydrogens (tertiary/aromatic N) is 2. The Bertz CT molecular complexity index is 596. The van der Waals surface area contributed by atoms with Crippen LogP contribution in [-0.4, -0.2) is 53.8 Å². The quantitative estimate of drug-likeness (QED) is 0.339. The van der Waals surface area contributed by atoms with Gasteiger partial charge in [-0.2, -0.15) is 0 Å². The summed E-state index contributed by atoms with van der Waals surface area (Å²) < 4.78 is 5.50. The maximum absolute atomic E-state index is 12.7. The molecule has 0 saturated carbocycles. The van der Waals surface area contributed by atoms with E-state index in [9.17, 15) is 9.59 Å². The van der Waals surface area contributed by atoms with E-state index in [-0.39, 0.29) is 23.0 Å². The van der Waals surface area contributed by atoms with Crippen molar-refractivity contribution >= 4 is 35.4 Å². The summed E-state index contributed by atoms with van der Waals surface area (Å²) in [6.45, 7) is 1.77. The zero-order valence-electron chi connectivity index (χ0n) is 14.4. The monoisotopic (exact) mass is 363 g/mol. The Morgan fingerprint density at radius 2 is 2.24 bits per heavy atom. The van der Waals surface area contributed by atoms with Gasteiger partial charge in [0, 0.05) is 19.4 Å². The second-order valence-electron chi connectivity index (χ2n) is 6.77. The second-order valence-corrected chi connectivity index (χ2v) is 7.16. The SMILES string of the molecule is O=C1NC(=S)N(CCC2=CCCCC2)C(=O)[C@@H]1C=NC[C@H]1CCCO1. The number of hydrogen-bond acceptors (Lipinski definition) is 5. The molecule has 6 nitrogen and oxygen atoms in total. The van der Waals surface area contributed by atoms with Gasteiger partial charge in [-0.1, -0.05) is 11.6 Å². The Hall–Kier alpha value is -1.60. The van der Waals surface area contributed by atoms with Gasteiger partial charge >= 0.3 is 0 Å². The van der Waals surface area contributed by atoms with Crippen molar-refractivity contribution < 1.29 is 14.3 Å². The molecule has 3 aliphatic rings. The van der Waals surface area contributed by atoms with Crippen LogP contribution in [0.1, 0.15) is 44.9 Å². The fourth-order valence-electron chi connectivity index (χ4n) is 3.43. The van der Waals surface area contributed by atoms with Crippen LogP contribution >= 0.6 is 12.2 Å². The van der Waals surface area contributed by atoms with Gasteiger partial charge in [0.25, 0.3) is 0 Å². The maximum atomic E-state index is 12.7. The predicted molar refractivity (Wildman–Crippen MR) is 99.4 cm³/mol. The summed E-state index contributed by atoms with van der Waals surface area (Å²) >= 11 is 5.19. The van der Waals surface area contributed by atoms with Crippen LogP contribution in [-0.2, 0) is 14.3 Å². The Balaban J connectivity index is 1.57. The van der Waals surface area contributed by atoms with Gasteiger partial charge < -0.3 is 10.1 Å². The molecule has 0 aromatic heterocycles. The van der Waals surface area contributed by atoms with Crippen molar-refractivity contribution in [3.63, 3.8) is 0 Å². The molecule has 2 fully saturated rings. The van der Waals surface area contributed by atoms with Crippen LogP contribution < -0.4 is 5.32 Å². The lowest BCUT2D eigenvalue weighted by Gasteiger charge is -2.31. The molecule has 7 heteroatoms. The molecule has 1 aliphatic carbocycles. The Labute approximate surface area is 153 Å². The Morgan fingerprint density at radius 1 is 1.36 bits per heavy atom. The molecule has 0 aromatic rings. The van der Waals surface area contributed by atoms with Crippen LogP contribution in [0.3, 0.4) is 0 Å². The van der Waals surface area contributed by atoms with Gasteiger partial charge in [-0.15, -0.1) is 0 Å². The number of amides is 2. The first kappa shape index (κ1) is 18.2. The molecule has 0 radical (unpaired) electrons. The number of aliphatic imine (C=N–C) groups is 1. The number of allylic oxidation sites excluding steroid dienone is 1. The normalized spacial score (nSPS) is 27.8. The van der Waals surface area contributed by atoms with Crippen molar-refractivity contribution in [3.8, 4) is 0 Å². The highest BCUT2D eigenvalue weighted by molar-refractivity contribution is 7.80. The highest BCUT2D eigenvalue weighted by Crippen LogP contribution is 2.21. The fourth-order valence-corrected chi connectivity index (χ4v) is 3.72. The van der Waals surface area contributed by atoms with Crippen molar-refractivity contribution in [2.24, 2.45) is 10.9 Å². The first-order valence-corrected chi connectivity index (χ1v) is 9.51. The standard InChI is InChI=1S/C18H25N3O3S/c22-16-15(12-19-11-14-7-4-10-24-14)17(23)21(18(25)20-16)9-8-13-5-2-1-3-6-13/h5,12,14-15H,1-4,6-11H2,(H,20,22,25)/t14-,15-/m1/s1. The summed E-state index contributed by atoms with van der Waals surface area (Å²) in [5.74, 6) is -1.56. The summed E-state index contributed by atoms with van der Waals surface area (Å²) in [6, 6.07) is 0. The van der Waals surface area contributed by atoms with Crippen LogP contribution in [0.5, 0.6) is 0 Å². The minimum absolute atomic E-state index is 0.105. The van der Waals surface area contributed by atoms with E-state index < -0.39 is 5.92 Å². The molecule has 0 aromatic carbocycles. The van der Waals surface area contributed by atoms with Crippen LogP contribution in [0.4, 0.5) is 0 Å². The zero-order chi connectivity index (χ0) is 17.6. The molecule has 2 heterocycles. The van der Waals surface area contributed by atoms with E-state index in [2.05, 4.69) is 16.4 Å². The first-order chi connectivity index (χ1) is 12.1. The van der Waals surface area contributed by atoms with E-state index in [0.29, 0.717) is 13.1 Å². The van der Waals surface area contributed by atoms with Gasteiger partial charge in [0.1, 0.15) is 0 Å². The summed E-state index contributed by atoms with van der Waals surface area (Å²) in [7, 11) is 0. The molecule has 0 unspecified atom stereocenters. The van der Waals surface area contributed by atoms with Gasteiger partial charge in [0.05, 0.1) is 12.6 Å². The molecule has 2 atom stereocenters. The van der Waals surface area contributed by atoms with Gasteiger partial charge in [0.2, 0.25) is 11.8 Å². The molecule has 2 aliphatic heterocycles. The third kappa shape index (κ3) is 4.73. The number of rotatable bonds is 6. The molecule has 3 rings (SSSR count). The number of carbonyl (C=O) groups excluding carboxylic acids is 2. The number of thiocarbonyl (C=S) groups is 1. The largest absolute Gasteiger partial charge is 0.376 e. The van der Waals surface area contributed by atoms with Crippen molar-refractivity contribution in [1.29, 1.82) is 0 Å². The highest BCUT2D eigenvalue weighted by atomic mass is 32.1.